The van der Waals surface area contributed by atoms with Crippen molar-refractivity contribution in [3.63, 3.8) is 0 Å². The quantitative estimate of drug-likeness (QED) is 0.893. The van der Waals surface area contributed by atoms with Gasteiger partial charge in [-0.1, -0.05) is 30.3 Å². The minimum atomic E-state index is 0.442. The zero-order chi connectivity index (χ0) is 13.9. The van der Waals surface area contributed by atoms with Crippen molar-refractivity contribution < 1.29 is 0 Å². The maximum atomic E-state index is 3.71. The molecule has 0 heterocycles. The molecule has 0 fully saturated rings. The number of benzene rings is 2. The van der Waals surface area contributed by atoms with Crippen LogP contribution in [0.5, 0.6) is 0 Å². The fourth-order valence-electron chi connectivity index (χ4n) is 2.98. The summed E-state index contributed by atoms with van der Waals surface area (Å²) >= 11 is 0. The summed E-state index contributed by atoms with van der Waals surface area (Å²) in [5.74, 6) is 0. The molecular formula is C18H22N2. The summed E-state index contributed by atoms with van der Waals surface area (Å²) in [5, 5.41) is 3.71. The molecule has 1 atom stereocenters. The lowest BCUT2D eigenvalue weighted by atomic mass is 9.87. The van der Waals surface area contributed by atoms with Gasteiger partial charge in [-0.2, -0.15) is 0 Å². The van der Waals surface area contributed by atoms with Crippen LogP contribution in [0.25, 0.3) is 0 Å². The van der Waals surface area contributed by atoms with Gasteiger partial charge in [0.2, 0.25) is 0 Å². The van der Waals surface area contributed by atoms with E-state index >= 15 is 0 Å². The van der Waals surface area contributed by atoms with Crippen molar-refractivity contribution in [2.45, 2.75) is 25.3 Å². The molecular weight excluding hydrogens is 244 g/mol. The molecule has 0 radical (unpaired) electrons. The number of aryl methyl sites for hydroxylation is 1. The summed E-state index contributed by atoms with van der Waals surface area (Å²) in [6.45, 7) is 0. The van der Waals surface area contributed by atoms with E-state index in [4.69, 9.17) is 0 Å². The Morgan fingerprint density at radius 1 is 1.05 bits per heavy atom. The number of rotatable bonds is 3. The van der Waals surface area contributed by atoms with Gasteiger partial charge in [0, 0.05) is 25.5 Å². The molecule has 0 saturated heterocycles. The second kappa shape index (κ2) is 5.58. The maximum Gasteiger partial charge on any atom is 0.0516 e. The predicted molar refractivity (Wildman–Crippen MR) is 86.5 cm³/mol. The number of hydrogen-bond acceptors (Lipinski definition) is 2. The first-order valence-corrected chi connectivity index (χ1v) is 7.36. The van der Waals surface area contributed by atoms with Gasteiger partial charge in [0.05, 0.1) is 6.04 Å². The van der Waals surface area contributed by atoms with E-state index in [1.807, 2.05) is 0 Å². The van der Waals surface area contributed by atoms with E-state index in [0.717, 1.165) is 0 Å². The van der Waals surface area contributed by atoms with Crippen LogP contribution in [-0.2, 0) is 6.42 Å². The summed E-state index contributed by atoms with van der Waals surface area (Å²) in [4.78, 5) is 2.14. The molecule has 2 heteroatoms. The zero-order valence-electron chi connectivity index (χ0n) is 12.3. The van der Waals surface area contributed by atoms with Crippen molar-refractivity contribution >= 4 is 11.4 Å². The van der Waals surface area contributed by atoms with E-state index in [9.17, 15) is 0 Å². The molecule has 0 aromatic heterocycles. The molecule has 1 unspecified atom stereocenters. The fourth-order valence-corrected chi connectivity index (χ4v) is 2.98. The van der Waals surface area contributed by atoms with Crippen molar-refractivity contribution in [1.29, 1.82) is 0 Å². The van der Waals surface area contributed by atoms with E-state index in [1.165, 1.54) is 41.8 Å². The van der Waals surface area contributed by atoms with Gasteiger partial charge in [0.15, 0.2) is 0 Å². The molecule has 1 N–H and O–H groups in total. The molecule has 2 aromatic rings. The van der Waals surface area contributed by atoms with Crippen LogP contribution < -0.4 is 10.2 Å². The van der Waals surface area contributed by atoms with Gasteiger partial charge in [-0.3, -0.25) is 0 Å². The van der Waals surface area contributed by atoms with Gasteiger partial charge < -0.3 is 10.2 Å². The highest BCUT2D eigenvalue weighted by molar-refractivity contribution is 5.58. The van der Waals surface area contributed by atoms with Gasteiger partial charge in [0.1, 0.15) is 0 Å². The first-order chi connectivity index (χ1) is 9.74. The maximum absolute atomic E-state index is 3.71. The second-order valence-electron chi connectivity index (χ2n) is 5.73. The molecule has 0 spiro atoms. The van der Waals surface area contributed by atoms with Crippen LogP contribution >= 0.6 is 0 Å². The van der Waals surface area contributed by atoms with E-state index in [0.29, 0.717) is 6.04 Å². The van der Waals surface area contributed by atoms with Crippen LogP contribution in [0.1, 0.15) is 30.0 Å². The van der Waals surface area contributed by atoms with Gasteiger partial charge in [0.25, 0.3) is 0 Å². The molecule has 104 valence electrons. The highest BCUT2D eigenvalue weighted by Crippen LogP contribution is 2.32. The lowest BCUT2D eigenvalue weighted by Gasteiger charge is -2.27. The monoisotopic (exact) mass is 266 g/mol. The molecule has 2 nitrogen and oxygen atoms in total. The van der Waals surface area contributed by atoms with E-state index in [2.05, 4.69) is 72.8 Å². The Kier molecular flexibility index (Phi) is 3.64. The first kappa shape index (κ1) is 13.0. The molecule has 2 aromatic carbocycles. The molecule has 1 aliphatic carbocycles. The van der Waals surface area contributed by atoms with Crippen LogP contribution in [0, 0.1) is 0 Å². The Bertz CT molecular complexity index is 589. The van der Waals surface area contributed by atoms with Crippen LogP contribution in [0.3, 0.4) is 0 Å². The first-order valence-electron chi connectivity index (χ1n) is 7.36. The van der Waals surface area contributed by atoms with Crippen LogP contribution in [-0.4, -0.2) is 14.1 Å². The van der Waals surface area contributed by atoms with E-state index in [-0.39, 0.29) is 0 Å². The SMILES string of the molecule is CN(C)c1cccc(NC2CCCc3ccccc32)c1. The predicted octanol–water partition coefficient (Wildman–Crippen LogP) is 4.24. The highest BCUT2D eigenvalue weighted by atomic mass is 15.1. The highest BCUT2D eigenvalue weighted by Gasteiger charge is 2.19. The normalized spacial score (nSPS) is 17.4. The Morgan fingerprint density at radius 3 is 2.75 bits per heavy atom. The summed E-state index contributed by atoms with van der Waals surface area (Å²) in [6, 6.07) is 17.9. The summed E-state index contributed by atoms with van der Waals surface area (Å²) in [7, 11) is 4.16. The molecule has 0 saturated carbocycles. The lowest BCUT2D eigenvalue weighted by molar-refractivity contribution is 0.600. The van der Waals surface area contributed by atoms with Crippen molar-refractivity contribution in [2.75, 3.05) is 24.3 Å². The average molecular weight is 266 g/mol. The molecule has 0 aliphatic heterocycles. The summed E-state index contributed by atoms with van der Waals surface area (Å²) < 4.78 is 0. The fraction of sp³-hybridized carbons (Fsp3) is 0.333. The molecule has 20 heavy (non-hydrogen) atoms. The summed E-state index contributed by atoms with van der Waals surface area (Å²) in [6.07, 6.45) is 3.69. The Labute approximate surface area is 121 Å². The van der Waals surface area contributed by atoms with Crippen molar-refractivity contribution in [1.82, 2.24) is 0 Å². The molecule has 1 aliphatic rings. The summed E-state index contributed by atoms with van der Waals surface area (Å²) in [5.41, 5.74) is 5.41. The second-order valence-corrected chi connectivity index (χ2v) is 5.73. The lowest BCUT2D eigenvalue weighted by Crippen LogP contribution is -2.17. The Balaban J connectivity index is 1.84. The zero-order valence-corrected chi connectivity index (χ0v) is 12.3. The molecule has 0 bridgehead atoms. The van der Waals surface area contributed by atoms with Crippen LogP contribution in [0.4, 0.5) is 11.4 Å². The Morgan fingerprint density at radius 2 is 1.90 bits per heavy atom. The van der Waals surface area contributed by atoms with Crippen LogP contribution in [0.15, 0.2) is 48.5 Å². The third-order valence-electron chi connectivity index (χ3n) is 4.07. The topological polar surface area (TPSA) is 15.3 Å². The molecule has 3 rings (SSSR count). The van der Waals surface area contributed by atoms with Crippen molar-refractivity contribution in [3.8, 4) is 0 Å². The average Bonchev–Trinajstić information content (AvgIpc) is 2.48. The van der Waals surface area contributed by atoms with Crippen molar-refractivity contribution in [2.24, 2.45) is 0 Å². The molecule has 0 amide bonds. The third kappa shape index (κ3) is 2.64. The van der Waals surface area contributed by atoms with E-state index in [1.54, 1.807) is 0 Å². The van der Waals surface area contributed by atoms with Gasteiger partial charge in [-0.05, 0) is 48.6 Å². The number of hydrogen-bond donors (Lipinski definition) is 1. The number of nitrogens with zero attached hydrogens (tertiary/aromatic N) is 1. The smallest absolute Gasteiger partial charge is 0.0516 e. The largest absolute Gasteiger partial charge is 0.378 e. The third-order valence-corrected chi connectivity index (χ3v) is 4.07. The minimum Gasteiger partial charge on any atom is -0.378 e. The Hall–Kier alpha value is -1.96. The number of anilines is 2. The minimum absolute atomic E-state index is 0.442. The standard InChI is InChI=1S/C18H22N2/c1-20(2)16-10-6-9-15(13-16)19-18-12-5-8-14-7-3-4-11-17(14)18/h3-4,6-7,9-11,13,18-19H,5,8,12H2,1-2H3. The van der Waals surface area contributed by atoms with Crippen molar-refractivity contribution in [3.05, 3.63) is 59.7 Å². The van der Waals surface area contributed by atoms with Gasteiger partial charge >= 0.3 is 0 Å². The van der Waals surface area contributed by atoms with Gasteiger partial charge in [-0.15, -0.1) is 0 Å². The van der Waals surface area contributed by atoms with Crippen LogP contribution in [0.2, 0.25) is 0 Å². The van der Waals surface area contributed by atoms with E-state index < -0.39 is 0 Å². The number of nitrogens with one attached hydrogen (secondary N) is 1. The number of fused-ring (bicyclic) bond motifs is 1. The van der Waals surface area contributed by atoms with Gasteiger partial charge in [-0.25, -0.2) is 0 Å².